The number of hydrogen-bond acceptors (Lipinski definition) is 5. The second-order valence-corrected chi connectivity index (χ2v) is 7.02. The molecule has 146 valence electrons. The number of hydrogen-bond donors (Lipinski definition) is 1. The van der Waals surface area contributed by atoms with Crippen LogP contribution >= 0.6 is 35.4 Å². The second-order valence-electron chi connectivity index (χ2n) is 5.79. The van der Waals surface area contributed by atoms with Crippen molar-refractivity contribution in [2.24, 2.45) is 5.10 Å². The van der Waals surface area contributed by atoms with E-state index in [-0.39, 0.29) is 0 Å². The standard InChI is InChI=1S/C19H18Cl2N4O2S/c1-3-18-23-24-19(28)25(18)22-10-12-4-7-16(17(8-12)26-2)27-11-13-5-6-14(20)9-15(13)21/h4-10H,3,11H2,1-2H3,(H,24,28)/b22-10-. The third-order valence-corrected chi connectivity index (χ3v) is 4.79. The Morgan fingerprint density at radius 1 is 1.21 bits per heavy atom. The Morgan fingerprint density at radius 3 is 2.75 bits per heavy atom. The molecule has 3 rings (SSSR count). The van der Waals surface area contributed by atoms with Gasteiger partial charge in [-0.3, -0.25) is 5.10 Å². The number of benzene rings is 2. The van der Waals surface area contributed by atoms with Crippen molar-refractivity contribution in [2.45, 2.75) is 20.0 Å². The molecular formula is C19H18Cl2N4O2S. The van der Waals surface area contributed by atoms with Gasteiger partial charge in [0.2, 0.25) is 4.77 Å². The van der Waals surface area contributed by atoms with Crippen LogP contribution < -0.4 is 9.47 Å². The molecule has 1 heterocycles. The number of ether oxygens (including phenoxy) is 2. The van der Waals surface area contributed by atoms with Crippen molar-refractivity contribution < 1.29 is 9.47 Å². The molecule has 0 fully saturated rings. The van der Waals surface area contributed by atoms with Crippen molar-refractivity contribution in [1.82, 2.24) is 14.9 Å². The molecule has 1 aromatic heterocycles. The number of nitrogens with zero attached hydrogens (tertiary/aromatic N) is 3. The van der Waals surface area contributed by atoms with Crippen LogP contribution in [0.2, 0.25) is 10.0 Å². The van der Waals surface area contributed by atoms with Gasteiger partial charge in [0.25, 0.3) is 0 Å². The van der Waals surface area contributed by atoms with Gasteiger partial charge < -0.3 is 9.47 Å². The van der Waals surface area contributed by atoms with Crippen LogP contribution in [0.25, 0.3) is 0 Å². The number of aromatic amines is 1. The molecule has 0 spiro atoms. The first-order chi connectivity index (χ1) is 13.5. The minimum absolute atomic E-state index is 0.295. The predicted octanol–water partition coefficient (Wildman–Crippen LogP) is 5.28. The Labute approximate surface area is 177 Å². The zero-order valence-electron chi connectivity index (χ0n) is 15.3. The molecule has 0 atom stereocenters. The van der Waals surface area contributed by atoms with Crippen LogP contribution in [0.4, 0.5) is 0 Å². The van der Waals surface area contributed by atoms with Gasteiger partial charge >= 0.3 is 0 Å². The lowest BCUT2D eigenvalue weighted by Crippen LogP contribution is -2.00. The molecule has 9 heteroatoms. The van der Waals surface area contributed by atoms with Gasteiger partial charge in [-0.2, -0.15) is 14.9 Å². The van der Waals surface area contributed by atoms with Crippen LogP contribution in [0.15, 0.2) is 41.5 Å². The lowest BCUT2D eigenvalue weighted by molar-refractivity contribution is 0.284. The van der Waals surface area contributed by atoms with E-state index in [1.54, 1.807) is 30.1 Å². The maximum atomic E-state index is 6.19. The molecule has 1 N–H and O–H groups in total. The Hall–Kier alpha value is -2.35. The number of H-pyrrole nitrogens is 1. The predicted molar refractivity (Wildman–Crippen MR) is 114 cm³/mol. The molecule has 0 aliphatic carbocycles. The van der Waals surface area contributed by atoms with Crippen molar-refractivity contribution in [1.29, 1.82) is 0 Å². The molecule has 0 saturated heterocycles. The summed E-state index contributed by atoms with van der Waals surface area (Å²) < 4.78 is 13.3. The second kappa shape index (κ2) is 9.23. The Bertz CT molecular complexity index is 1060. The summed E-state index contributed by atoms with van der Waals surface area (Å²) in [6.07, 6.45) is 2.40. The summed E-state index contributed by atoms with van der Waals surface area (Å²) in [6.45, 7) is 2.28. The average Bonchev–Trinajstić information content (AvgIpc) is 3.05. The lowest BCUT2D eigenvalue weighted by atomic mass is 10.2. The SMILES string of the molecule is CCc1n[nH]c(=S)n1/N=C\c1ccc(OCc2ccc(Cl)cc2Cl)c(OC)c1. The number of aromatic nitrogens is 3. The van der Waals surface area contributed by atoms with Gasteiger partial charge in [0.1, 0.15) is 6.61 Å². The molecule has 2 aromatic carbocycles. The van der Waals surface area contributed by atoms with Crippen molar-refractivity contribution in [3.8, 4) is 11.5 Å². The number of aryl methyl sites for hydroxylation is 1. The summed E-state index contributed by atoms with van der Waals surface area (Å²) in [6, 6.07) is 10.8. The fourth-order valence-corrected chi connectivity index (χ4v) is 3.14. The number of rotatable bonds is 7. The van der Waals surface area contributed by atoms with E-state index in [4.69, 9.17) is 44.9 Å². The fourth-order valence-electron chi connectivity index (χ4n) is 2.47. The minimum atomic E-state index is 0.295. The molecule has 0 unspecified atom stereocenters. The Balaban J connectivity index is 1.77. The lowest BCUT2D eigenvalue weighted by Gasteiger charge is -2.12. The molecule has 3 aromatic rings. The van der Waals surface area contributed by atoms with Crippen molar-refractivity contribution in [3.63, 3.8) is 0 Å². The summed E-state index contributed by atoms with van der Waals surface area (Å²) in [5.41, 5.74) is 1.67. The molecule has 0 radical (unpaired) electrons. The zero-order chi connectivity index (χ0) is 20.1. The molecule has 0 saturated carbocycles. The highest BCUT2D eigenvalue weighted by molar-refractivity contribution is 7.71. The normalized spacial score (nSPS) is 11.1. The van der Waals surface area contributed by atoms with Crippen molar-refractivity contribution in [2.75, 3.05) is 7.11 Å². The molecular weight excluding hydrogens is 419 g/mol. The van der Waals surface area contributed by atoms with Crippen LogP contribution in [0.1, 0.15) is 23.9 Å². The van der Waals surface area contributed by atoms with Crippen molar-refractivity contribution >= 4 is 41.6 Å². The van der Waals surface area contributed by atoms with E-state index in [2.05, 4.69) is 15.3 Å². The maximum Gasteiger partial charge on any atom is 0.216 e. The maximum absolute atomic E-state index is 6.19. The number of nitrogens with one attached hydrogen (secondary N) is 1. The third kappa shape index (κ3) is 4.73. The van der Waals surface area contributed by atoms with Gasteiger partial charge in [-0.25, -0.2) is 0 Å². The van der Waals surface area contributed by atoms with Crippen LogP contribution in [0.5, 0.6) is 11.5 Å². The topological polar surface area (TPSA) is 64.4 Å². The van der Waals surface area contributed by atoms with Gasteiger partial charge in [-0.1, -0.05) is 36.2 Å². The van der Waals surface area contributed by atoms with E-state index >= 15 is 0 Å². The molecule has 6 nitrogen and oxygen atoms in total. The van der Waals surface area contributed by atoms with E-state index < -0.39 is 0 Å². The van der Waals surface area contributed by atoms with E-state index in [1.165, 1.54) is 0 Å². The zero-order valence-corrected chi connectivity index (χ0v) is 17.6. The van der Waals surface area contributed by atoms with Gasteiger partial charge in [0.15, 0.2) is 17.3 Å². The molecule has 0 bridgehead atoms. The van der Waals surface area contributed by atoms with Gasteiger partial charge in [0.05, 0.1) is 13.3 Å². The quantitative estimate of drug-likeness (QED) is 0.404. The average molecular weight is 437 g/mol. The van der Waals surface area contributed by atoms with E-state index in [0.717, 1.165) is 17.0 Å². The fraction of sp³-hybridized carbons (Fsp3) is 0.211. The molecule has 0 amide bonds. The monoisotopic (exact) mass is 436 g/mol. The van der Waals surface area contributed by atoms with Gasteiger partial charge in [0, 0.05) is 22.0 Å². The van der Waals surface area contributed by atoms with Gasteiger partial charge in [-0.05, 0) is 48.1 Å². The Kier molecular flexibility index (Phi) is 6.72. The summed E-state index contributed by atoms with van der Waals surface area (Å²) in [4.78, 5) is 0. The van der Waals surface area contributed by atoms with E-state index in [0.29, 0.717) is 39.3 Å². The highest BCUT2D eigenvalue weighted by Gasteiger charge is 2.08. The summed E-state index contributed by atoms with van der Waals surface area (Å²) >= 11 is 17.3. The number of halogens is 2. The molecule has 0 aliphatic heterocycles. The van der Waals surface area contributed by atoms with Gasteiger partial charge in [-0.15, -0.1) is 0 Å². The highest BCUT2D eigenvalue weighted by Crippen LogP contribution is 2.29. The highest BCUT2D eigenvalue weighted by atomic mass is 35.5. The molecule has 28 heavy (non-hydrogen) atoms. The smallest absolute Gasteiger partial charge is 0.216 e. The summed E-state index contributed by atoms with van der Waals surface area (Å²) in [7, 11) is 1.58. The van der Waals surface area contributed by atoms with Crippen LogP contribution in [-0.4, -0.2) is 28.2 Å². The van der Waals surface area contributed by atoms with Crippen LogP contribution in [0.3, 0.4) is 0 Å². The first kappa shape index (κ1) is 20.4. The van der Waals surface area contributed by atoms with Crippen LogP contribution in [-0.2, 0) is 13.0 Å². The first-order valence-electron chi connectivity index (χ1n) is 8.47. The molecule has 0 aliphatic rings. The first-order valence-corrected chi connectivity index (χ1v) is 9.63. The van der Waals surface area contributed by atoms with E-state index in [9.17, 15) is 0 Å². The summed E-state index contributed by atoms with van der Waals surface area (Å²) in [5.74, 6) is 1.94. The largest absolute Gasteiger partial charge is 0.493 e. The number of methoxy groups -OCH3 is 1. The van der Waals surface area contributed by atoms with Crippen LogP contribution in [0, 0.1) is 4.77 Å². The minimum Gasteiger partial charge on any atom is -0.493 e. The Morgan fingerprint density at radius 2 is 2.04 bits per heavy atom. The van der Waals surface area contributed by atoms with Crippen molar-refractivity contribution in [3.05, 3.63) is 68.2 Å². The van der Waals surface area contributed by atoms with E-state index in [1.807, 2.05) is 31.2 Å². The third-order valence-electron chi connectivity index (χ3n) is 3.94. The summed E-state index contributed by atoms with van der Waals surface area (Å²) in [5, 5.41) is 12.4.